The molecule has 1 aliphatic heterocycles. The van der Waals surface area contributed by atoms with E-state index in [9.17, 15) is 10.2 Å². The zero-order valence-electron chi connectivity index (χ0n) is 17.3. The van der Waals surface area contributed by atoms with E-state index in [0.717, 1.165) is 28.2 Å². The summed E-state index contributed by atoms with van der Waals surface area (Å²) in [5.74, 6) is 0.754. The van der Waals surface area contributed by atoms with Gasteiger partial charge >= 0.3 is 0 Å². The van der Waals surface area contributed by atoms with Gasteiger partial charge in [-0.3, -0.25) is 0 Å². The molecule has 2 aromatic rings. The van der Waals surface area contributed by atoms with Crippen molar-refractivity contribution in [2.45, 2.75) is 44.5 Å². The predicted molar refractivity (Wildman–Crippen MR) is 116 cm³/mol. The standard InChI is InChI=1S/C23H28ClNO5/c1-15(25-28-2)14-29-20-6-3-16(4-7-20)9-18-10-17(5-8-22(18)24)23-12-19(27)11-21(13-26)30-23/h3-8,10,19,21,23,26-27H,9,11-14H2,1-2H3/b25-15+. The van der Waals surface area contributed by atoms with Crippen LogP contribution in [0.3, 0.4) is 0 Å². The van der Waals surface area contributed by atoms with Crippen LogP contribution in [-0.4, -0.2) is 48.5 Å². The number of ether oxygens (including phenoxy) is 2. The van der Waals surface area contributed by atoms with Gasteiger partial charge in [0.1, 0.15) is 19.5 Å². The van der Waals surface area contributed by atoms with Gasteiger partial charge in [-0.25, -0.2) is 0 Å². The Labute approximate surface area is 182 Å². The van der Waals surface area contributed by atoms with E-state index in [1.54, 1.807) is 0 Å². The lowest BCUT2D eigenvalue weighted by Crippen LogP contribution is -2.33. The molecule has 0 spiro atoms. The molecule has 7 heteroatoms. The molecule has 0 saturated carbocycles. The average Bonchev–Trinajstić information content (AvgIpc) is 2.74. The van der Waals surface area contributed by atoms with Crippen molar-refractivity contribution in [2.24, 2.45) is 5.16 Å². The van der Waals surface area contributed by atoms with Crippen LogP contribution in [-0.2, 0) is 16.0 Å². The molecule has 0 radical (unpaired) electrons. The van der Waals surface area contributed by atoms with Crippen LogP contribution in [0.1, 0.15) is 42.6 Å². The third-order valence-electron chi connectivity index (χ3n) is 5.04. The number of hydrogen-bond acceptors (Lipinski definition) is 6. The van der Waals surface area contributed by atoms with Crippen molar-refractivity contribution < 1.29 is 24.5 Å². The zero-order valence-corrected chi connectivity index (χ0v) is 18.0. The monoisotopic (exact) mass is 433 g/mol. The number of benzene rings is 2. The summed E-state index contributed by atoms with van der Waals surface area (Å²) in [4.78, 5) is 4.72. The fourth-order valence-corrected chi connectivity index (χ4v) is 3.73. The molecule has 0 aromatic heterocycles. The molecule has 1 fully saturated rings. The molecule has 3 unspecified atom stereocenters. The van der Waals surface area contributed by atoms with E-state index in [0.29, 0.717) is 30.9 Å². The van der Waals surface area contributed by atoms with Crippen LogP contribution < -0.4 is 4.74 Å². The second kappa shape index (κ2) is 10.8. The first kappa shape index (κ1) is 22.6. The number of hydrogen-bond donors (Lipinski definition) is 2. The van der Waals surface area contributed by atoms with Gasteiger partial charge in [-0.2, -0.15) is 0 Å². The zero-order chi connectivity index (χ0) is 21.5. The lowest BCUT2D eigenvalue weighted by molar-refractivity contribution is -0.113. The van der Waals surface area contributed by atoms with E-state index >= 15 is 0 Å². The van der Waals surface area contributed by atoms with Crippen LogP contribution in [0.25, 0.3) is 0 Å². The first-order valence-electron chi connectivity index (χ1n) is 9.99. The lowest BCUT2D eigenvalue weighted by atomic mass is 9.94. The van der Waals surface area contributed by atoms with Gasteiger partial charge in [-0.1, -0.05) is 41.0 Å². The van der Waals surface area contributed by atoms with Gasteiger partial charge in [0.15, 0.2) is 0 Å². The van der Waals surface area contributed by atoms with Gasteiger partial charge in [0.05, 0.1) is 30.6 Å². The maximum absolute atomic E-state index is 10.1. The maximum atomic E-state index is 10.1. The number of halogens is 1. The minimum absolute atomic E-state index is 0.0979. The quantitative estimate of drug-likeness (QED) is 0.487. The van der Waals surface area contributed by atoms with Crippen LogP contribution in [0.5, 0.6) is 5.75 Å². The molecule has 162 valence electrons. The van der Waals surface area contributed by atoms with Gasteiger partial charge in [0, 0.05) is 17.9 Å². The summed E-state index contributed by atoms with van der Waals surface area (Å²) in [7, 11) is 1.51. The molecular formula is C23H28ClNO5. The number of oxime groups is 1. The molecule has 2 N–H and O–H groups in total. The summed E-state index contributed by atoms with van der Waals surface area (Å²) in [5, 5.41) is 24.0. The van der Waals surface area contributed by atoms with Gasteiger partial charge in [0.25, 0.3) is 0 Å². The van der Waals surface area contributed by atoms with Crippen molar-refractivity contribution >= 4 is 17.3 Å². The predicted octanol–water partition coefficient (Wildman–Crippen LogP) is 3.91. The Hall–Kier alpha value is -2.12. The Balaban J connectivity index is 1.68. The van der Waals surface area contributed by atoms with Crippen LogP contribution in [0.15, 0.2) is 47.6 Å². The van der Waals surface area contributed by atoms with Gasteiger partial charge in [-0.05, 0) is 48.2 Å². The highest BCUT2D eigenvalue weighted by molar-refractivity contribution is 6.31. The Morgan fingerprint density at radius 3 is 2.67 bits per heavy atom. The van der Waals surface area contributed by atoms with Crippen molar-refractivity contribution in [3.8, 4) is 5.75 Å². The van der Waals surface area contributed by atoms with E-state index in [2.05, 4.69) is 5.16 Å². The fraction of sp³-hybridized carbons (Fsp3) is 0.435. The topological polar surface area (TPSA) is 80.5 Å². The summed E-state index contributed by atoms with van der Waals surface area (Å²) in [6.07, 6.45) is 0.548. The summed E-state index contributed by atoms with van der Waals surface area (Å²) in [5.41, 5.74) is 3.79. The van der Waals surface area contributed by atoms with E-state index < -0.39 is 6.10 Å². The van der Waals surface area contributed by atoms with E-state index in [1.165, 1.54) is 7.11 Å². The van der Waals surface area contributed by atoms with Crippen LogP contribution in [0.4, 0.5) is 0 Å². The number of aliphatic hydroxyl groups is 2. The van der Waals surface area contributed by atoms with E-state index in [-0.39, 0.29) is 18.8 Å². The Morgan fingerprint density at radius 2 is 1.97 bits per heavy atom. The molecule has 1 aliphatic rings. The molecule has 1 saturated heterocycles. The molecule has 3 atom stereocenters. The number of rotatable bonds is 8. The normalized spacial score (nSPS) is 22.0. The molecule has 2 aromatic carbocycles. The lowest BCUT2D eigenvalue weighted by Gasteiger charge is -2.32. The highest BCUT2D eigenvalue weighted by Gasteiger charge is 2.29. The molecule has 0 aliphatic carbocycles. The third-order valence-corrected chi connectivity index (χ3v) is 5.40. The molecule has 0 amide bonds. The van der Waals surface area contributed by atoms with Gasteiger partial charge < -0.3 is 24.5 Å². The van der Waals surface area contributed by atoms with Gasteiger partial charge in [-0.15, -0.1) is 0 Å². The van der Waals surface area contributed by atoms with Crippen molar-refractivity contribution in [2.75, 3.05) is 20.3 Å². The minimum Gasteiger partial charge on any atom is -0.488 e. The SMILES string of the molecule is CO/N=C(\C)COc1ccc(Cc2cc(C3CC(O)CC(CO)O3)ccc2Cl)cc1. The maximum Gasteiger partial charge on any atom is 0.129 e. The van der Waals surface area contributed by atoms with Crippen LogP contribution in [0.2, 0.25) is 5.02 Å². The molecule has 1 heterocycles. The van der Waals surface area contributed by atoms with E-state index in [1.807, 2.05) is 49.4 Å². The van der Waals surface area contributed by atoms with Crippen LogP contribution >= 0.6 is 11.6 Å². The van der Waals surface area contributed by atoms with Gasteiger partial charge in [0.2, 0.25) is 0 Å². The van der Waals surface area contributed by atoms with E-state index in [4.69, 9.17) is 25.9 Å². The number of nitrogens with zero attached hydrogens (tertiary/aromatic N) is 1. The Kier molecular flexibility index (Phi) is 8.10. The van der Waals surface area contributed by atoms with Crippen molar-refractivity contribution in [1.29, 1.82) is 0 Å². The molecular weight excluding hydrogens is 406 g/mol. The highest BCUT2D eigenvalue weighted by Crippen LogP contribution is 2.33. The summed E-state index contributed by atoms with van der Waals surface area (Å²) in [6, 6.07) is 13.6. The Bertz CT molecular complexity index is 855. The largest absolute Gasteiger partial charge is 0.488 e. The first-order chi connectivity index (χ1) is 14.5. The average molecular weight is 434 g/mol. The fourth-order valence-electron chi connectivity index (χ4n) is 3.55. The van der Waals surface area contributed by atoms with Crippen molar-refractivity contribution in [1.82, 2.24) is 0 Å². The minimum atomic E-state index is -0.481. The Morgan fingerprint density at radius 1 is 1.20 bits per heavy atom. The smallest absolute Gasteiger partial charge is 0.129 e. The summed E-state index contributed by atoms with van der Waals surface area (Å²) >= 11 is 6.44. The second-order valence-electron chi connectivity index (χ2n) is 7.52. The molecule has 30 heavy (non-hydrogen) atoms. The summed E-state index contributed by atoms with van der Waals surface area (Å²) < 4.78 is 11.6. The second-order valence-corrected chi connectivity index (χ2v) is 7.93. The van der Waals surface area contributed by atoms with Crippen molar-refractivity contribution in [3.63, 3.8) is 0 Å². The number of aliphatic hydroxyl groups excluding tert-OH is 2. The van der Waals surface area contributed by atoms with Crippen molar-refractivity contribution in [3.05, 3.63) is 64.2 Å². The molecule has 3 rings (SSSR count). The highest BCUT2D eigenvalue weighted by atomic mass is 35.5. The molecule has 6 nitrogen and oxygen atoms in total. The summed E-state index contributed by atoms with van der Waals surface area (Å²) in [6.45, 7) is 2.10. The van der Waals surface area contributed by atoms with Crippen LogP contribution in [0, 0.1) is 0 Å². The molecule has 0 bridgehead atoms. The third kappa shape index (κ3) is 6.19. The first-order valence-corrected chi connectivity index (χ1v) is 10.4.